The molecule has 0 aromatic carbocycles. The molecule has 0 aliphatic carbocycles. The van der Waals surface area contributed by atoms with Crippen molar-refractivity contribution in [3.63, 3.8) is 0 Å². The highest BCUT2D eigenvalue weighted by Crippen LogP contribution is 1.97. The van der Waals surface area contributed by atoms with Crippen molar-refractivity contribution >= 4 is 5.78 Å². The molecule has 0 bridgehead atoms. The van der Waals surface area contributed by atoms with E-state index < -0.39 is 0 Å². The van der Waals surface area contributed by atoms with Crippen molar-refractivity contribution in [2.75, 3.05) is 19.7 Å². The summed E-state index contributed by atoms with van der Waals surface area (Å²) in [6.45, 7) is 5.44. The number of hydrogen-bond donors (Lipinski definition) is 1. The fourth-order valence-electron chi connectivity index (χ4n) is 0.880. The van der Waals surface area contributed by atoms with Crippen molar-refractivity contribution in [2.24, 2.45) is 0 Å². The Morgan fingerprint density at radius 1 is 1.80 bits per heavy atom. The number of nitrogens with one attached hydrogen (secondary N) is 1. The number of ketones is 1. The van der Waals surface area contributed by atoms with Gasteiger partial charge >= 0.3 is 0 Å². The second-order valence-electron chi connectivity index (χ2n) is 2.17. The Bertz CT molecular complexity index is 139. The topological polar surface area (TPSA) is 38.3 Å². The molecule has 0 radical (unpaired) electrons. The lowest BCUT2D eigenvalue weighted by molar-refractivity contribution is -0.126. The maximum Gasteiger partial charge on any atom is 0.185 e. The minimum atomic E-state index is -0.300. The van der Waals surface area contributed by atoms with E-state index in [0.29, 0.717) is 13.2 Å². The summed E-state index contributed by atoms with van der Waals surface area (Å²) in [6, 6.07) is 0. The van der Waals surface area contributed by atoms with E-state index in [0.717, 1.165) is 6.54 Å². The Balaban J connectivity index is 2.38. The zero-order valence-corrected chi connectivity index (χ0v) is 5.80. The third-order valence-corrected chi connectivity index (χ3v) is 1.45. The molecule has 0 aromatic rings. The van der Waals surface area contributed by atoms with E-state index in [4.69, 9.17) is 4.74 Å². The van der Waals surface area contributed by atoms with E-state index >= 15 is 0 Å². The van der Waals surface area contributed by atoms with Gasteiger partial charge in [0.25, 0.3) is 0 Å². The Morgan fingerprint density at radius 2 is 2.60 bits per heavy atom. The summed E-state index contributed by atoms with van der Waals surface area (Å²) in [5, 5.41) is 3.06. The Labute approximate surface area is 60.1 Å². The molecule has 1 heterocycles. The highest BCUT2D eigenvalue weighted by molar-refractivity contribution is 5.93. The van der Waals surface area contributed by atoms with Crippen molar-refractivity contribution in [1.29, 1.82) is 0 Å². The van der Waals surface area contributed by atoms with E-state index in [2.05, 4.69) is 11.9 Å². The van der Waals surface area contributed by atoms with Crippen LogP contribution in [0.5, 0.6) is 0 Å². The zero-order valence-electron chi connectivity index (χ0n) is 5.80. The van der Waals surface area contributed by atoms with E-state index in [-0.39, 0.29) is 11.9 Å². The summed E-state index contributed by atoms with van der Waals surface area (Å²) in [7, 11) is 0. The predicted octanol–water partition coefficient (Wildman–Crippen LogP) is -0.270. The largest absolute Gasteiger partial charge is 0.367 e. The molecular weight excluding hydrogens is 130 g/mol. The predicted molar refractivity (Wildman–Crippen MR) is 37.8 cm³/mol. The van der Waals surface area contributed by atoms with Gasteiger partial charge in [0.15, 0.2) is 5.78 Å². The third kappa shape index (κ3) is 1.65. The van der Waals surface area contributed by atoms with Crippen LogP contribution in [-0.2, 0) is 9.53 Å². The molecule has 0 spiro atoms. The summed E-state index contributed by atoms with van der Waals surface area (Å²) in [6.07, 6.45) is 1.00. The SMILES string of the molecule is C=CC(=O)[C@@H]1CNCCO1. The number of carbonyl (C=O) groups excluding carboxylic acids is 1. The van der Waals surface area contributed by atoms with Crippen molar-refractivity contribution < 1.29 is 9.53 Å². The van der Waals surface area contributed by atoms with Crippen LogP contribution in [0.3, 0.4) is 0 Å². The van der Waals surface area contributed by atoms with Gasteiger partial charge in [0, 0.05) is 13.1 Å². The van der Waals surface area contributed by atoms with Crippen LogP contribution in [0.15, 0.2) is 12.7 Å². The van der Waals surface area contributed by atoms with Crippen LogP contribution in [0.1, 0.15) is 0 Å². The molecule has 0 amide bonds. The maximum absolute atomic E-state index is 10.9. The molecule has 0 saturated carbocycles. The quantitative estimate of drug-likeness (QED) is 0.538. The molecule has 1 fully saturated rings. The van der Waals surface area contributed by atoms with Crippen LogP contribution in [0.4, 0.5) is 0 Å². The molecule has 1 N–H and O–H groups in total. The monoisotopic (exact) mass is 141 g/mol. The normalized spacial score (nSPS) is 25.8. The molecule has 1 saturated heterocycles. The van der Waals surface area contributed by atoms with E-state index in [1.807, 2.05) is 0 Å². The number of morpholine rings is 1. The first kappa shape index (κ1) is 7.44. The summed E-state index contributed by atoms with van der Waals surface area (Å²) >= 11 is 0. The van der Waals surface area contributed by atoms with Crippen LogP contribution in [0.25, 0.3) is 0 Å². The third-order valence-electron chi connectivity index (χ3n) is 1.45. The van der Waals surface area contributed by atoms with Gasteiger partial charge in [0.1, 0.15) is 6.10 Å². The van der Waals surface area contributed by atoms with Crippen molar-refractivity contribution in [3.8, 4) is 0 Å². The van der Waals surface area contributed by atoms with Crippen LogP contribution < -0.4 is 5.32 Å². The van der Waals surface area contributed by atoms with Gasteiger partial charge in [-0.3, -0.25) is 4.79 Å². The molecule has 3 heteroatoms. The fourth-order valence-corrected chi connectivity index (χ4v) is 0.880. The summed E-state index contributed by atoms with van der Waals surface area (Å²) in [4.78, 5) is 10.9. The average Bonchev–Trinajstić information content (AvgIpc) is 2.05. The van der Waals surface area contributed by atoms with Crippen LogP contribution in [-0.4, -0.2) is 31.6 Å². The minimum absolute atomic E-state index is 0.0350. The average molecular weight is 141 g/mol. The number of ether oxygens (including phenoxy) is 1. The molecule has 1 rings (SSSR count). The van der Waals surface area contributed by atoms with E-state index in [1.54, 1.807) is 0 Å². The number of carbonyl (C=O) groups is 1. The Morgan fingerprint density at radius 3 is 3.10 bits per heavy atom. The van der Waals surface area contributed by atoms with Gasteiger partial charge in [-0.2, -0.15) is 0 Å². The van der Waals surface area contributed by atoms with E-state index in [9.17, 15) is 4.79 Å². The molecule has 1 aliphatic rings. The maximum atomic E-state index is 10.9. The number of hydrogen-bond acceptors (Lipinski definition) is 3. The Hall–Kier alpha value is -0.670. The standard InChI is InChI=1S/C7H11NO2/c1-2-6(9)7-5-8-3-4-10-7/h2,7-8H,1,3-5H2/t7-/m0/s1. The summed E-state index contributed by atoms with van der Waals surface area (Å²) in [5.41, 5.74) is 0. The van der Waals surface area contributed by atoms with Gasteiger partial charge in [0.05, 0.1) is 6.61 Å². The van der Waals surface area contributed by atoms with Crippen molar-refractivity contribution in [2.45, 2.75) is 6.10 Å². The minimum Gasteiger partial charge on any atom is -0.367 e. The number of rotatable bonds is 2. The second-order valence-corrected chi connectivity index (χ2v) is 2.17. The molecule has 1 atom stereocenters. The van der Waals surface area contributed by atoms with E-state index in [1.165, 1.54) is 6.08 Å². The van der Waals surface area contributed by atoms with Gasteiger partial charge < -0.3 is 10.1 Å². The first-order chi connectivity index (χ1) is 4.84. The highest BCUT2D eigenvalue weighted by atomic mass is 16.5. The van der Waals surface area contributed by atoms with Gasteiger partial charge in [-0.1, -0.05) is 6.58 Å². The molecule has 3 nitrogen and oxygen atoms in total. The van der Waals surface area contributed by atoms with Gasteiger partial charge in [-0.25, -0.2) is 0 Å². The first-order valence-electron chi connectivity index (χ1n) is 3.33. The highest BCUT2D eigenvalue weighted by Gasteiger charge is 2.18. The Kier molecular flexibility index (Phi) is 2.59. The van der Waals surface area contributed by atoms with Crippen molar-refractivity contribution in [1.82, 2.24) is 5.32 Å². The smallest absolute Gasteiger partial charge is 0.185 e. The molecule has 56 valence electrons. The van der Waals surface area contributed by atoms with Gasteiger partial charge in [-0.05, 0) is 6.08 Å². The summed E-state index contributed by atoms with van der Waals surface area (Å²) in [5.74, 6) is -0.0350. The fraction of sp³-hybridized carbons (Fsp3) is 0.571. The first-order valence-corrected chi connectivity index (χ1v) is 3.33. The summed E-state index contributed by atoms with van der Waals surface area (Å²) < 4.78 is 5.15. The molecule has 1 aliphatic heterocycles. The van der Waals surface area contributed by atoms with Gasteiger partial charge in [0.2, 0.25) is 0 Å². The molecular formula is C7H11NO2. The molecule has 10 heavy (non-hydrogen) atoms. The lowest BCUT2D eigenvalue weighted by Crippen LogP contribution is -2.42. The van der Waals surface area contributed by atoms with Crippen LogP contribution in [0.2, 0.25) is 0 Å². The van der Waals surface area contributed by atoms with Crippen LogP contribution >= 0.6 is 0 Å². The van der Waals surface area contributed by atoms with Gasteiger partial charge in [-0.15, -0.1) is 0 Å². The molecule has 0 aromatic heterocycles. The lowest BCUT2D eigenvalue weighted by atomic mass is 10.2. The second kappa shape index (κ2) is 3.49. The zero-order chi connectivity index (χ0) is 7.40. The lowest BCUT2D eigenvalue weighted by Gasteiger charge is -2.20. The van der Waals surface area contributed by atoms with Crippen molar-refractivity contribution in [3.05, 3.63) is 12.7 Å². The van der Waals surface area contributed by atoms with Crippen LogP contribution in [0, 0.1) is 0 Å². The molecule has 0 unspecified atom stereocenters.